The molecular formula is C19H20ClFN4S. The van der Waals surface area contributed by atoms with Crippen LogP contribution in [0.4, 0.5) is 4.39 Å². The lowest BCUT2D eigenvalue weighted by atomic mass is 10.1. The normalized spacial score (nSPS) is 17.7. The molecule has 1 fully saturated rings. The van der Waals surface area contributed by atoms with Gasteiger partial charge >= 0.3 is 0 Å². The number of piperazine rings is 1. The Bertz CT molecular complexity index is 825. The number of hydrogen-bond acceptors (Lipinski definition) is 5. The van der Waals surface area contributed by atoms with E-state index in [2.05, 4.69) is 26.6 Å². The van der Waals surface area contributed by atoms with Crippen LogP contribution < -0.4 is 5.32 Å². The molecule has 136 valence electrons. The third kappa shape index (κ3) is 4.27. The van der Waals surface area contributed by atoms with Gasteiger partial charge in [-0.3, -0.25) is 9.88 Å². The van der Waals surface area contributed by atoms with E-state index < -0.39 is 0 Å². The van der Waals surface area contributed by atoms with Crippen molar-refractivity contribution in [1.29, 1.82) is 0 Å². The van der Waals surface area contributed by atoms with Crippen molar-refractivity contribution in [3.05, 3.63) is 71.2 Å². The molecular weight excluding hydrogens is 371 g/mol. The number of pyridine rings is 1. The summed E-state index contributed by atoms with van der Waals surface area (Å²) in [4.78, 5) is 11.4. The van der Waals surface area contributed by atoms with Gasteiger partial charge in [0.15, 0.2) is 0 Å². The summed E-state index contributed by atoms with van der Waals surface area (Å²) < 4.78 is 13.1. The third-order valence-electron chi connectivity index (χ3n) is 4.43. The minimum Gasteiger partial charge on any atom is -0.314 e. The zero-order valence-corrected chi connectivity index (χ0v) is 15.8. The Morgan fingerprint density at radius 1 is 1.23 bits per heavy atom. The largest absolute Gasteiger partial charge is 0.314 e. The highest BCUT2D eigenvalue weighted by Gasteiger charge is 2.24. The molecule has 1 aliphatic heterocycles. The summed E-state index contributed by atoms with van der Waals surface area (Å²) in [5.41, 5.74) is 3.24. The van der Waals surface area contributed by atoms with Crippen molar-refractivity contribution in [3.63, 3.8) is 0 Å². The maximum atomic E-state index is 13.1. The second-order valence-corrected chi connectivity index (χ2v) is 6.99. The molecule has 4 nitrogen and oxygen atoms in total. The fourth-order valence-electron chi connectivity index (χ4n) is 3.15. The first kappa shape index (κ1) is 18.9. The summed E-state index contributed by atoms with van der Waals surface area (Å²) in [6.07, 6.45) is 3.75. The fraction of sp³-hybridized carbons (Fsp3) is 0.263. The van der Waals surface area contributed by atoms with Gasteiger partial charge in [0.25, 0.3) is 0 Å². The van der Waals surface area contributed by atoms with Crippen molar-refractivity contribution in [2.75, 3.05) is 19.6 Å². The molecule has 0 bridgehead atoms. The molecule has 0 amide bonds. The van der Waals surface area contributed by atoms with E-state index in [1.165, 1.54) is 17.7 Å². The van der Waals surface area contributed by atoms with Crippen molar-refractivity contribution in [3.8, 4) is 10.6 Å². The summed E-state index contributed by atoms with van der Waals surface area (Å²) in [7, 11) is 0. The van der Waals surface area contributed by atoms with Gasteiger partial charge in [0.05, 0.1) is 5.69 Å². The number of rotatable bonds is 4. The number of halogens is 2. The van der Waals surface area contributed by atoms with Crippen molar-refractivity contribution < 1.29 is 4.39 Å². The van der Waals surface area contributed by atoms with Crippen LogP contribution in [0.1, 0.15) is 17.3 Å². The standard InChI is InChI=1S/C19H19FN4S.ClH/c20-16-5-3-14(4-6-16)19-23-17(13-25-19)12-24-9-8-22-11-18(24)15-2-1-7-21-10-15;/h1-7,10,13,18,22H,8-9,11-12H2;1H. The smallest absolute Gasteiger partial charge is 0.123 e. The summed E-state index contributed by atoms with van der Waals surface area (Å²) in [5.74, 6) is -0.222. The average Bonchev–Trinajstić information content (AvgIpc) is 3.12. The molecule has 0 aliphatic carbocycles. The lowest BCUT2D eigenvalue weighted by Crippen LogP contribution is -2.45. The number of nitrogens with one attached hydrogen (secondary N) is 1. The molecule has 26 heavy (non-hydrogen) atoms. The van der Waals surface area contributed by atoms with Crippen LogP contribution in [0.2, 0.25) is 0 Å². The van der Waals surface area contributed by atoms with Crippen molar-refractivity contribution >= 4 is 23.7 Å². The molecule has 1 atom stereocenters. The molecule has 1 aromatic carbocycles. The molecule has 1 aliphatic rings. The van der Waals surface area contributed by atoms with Gasteiger partial charge < -0.3 is 5.32 Å². The number of thiazole rings is 1. The maximum absolute atomic E-state index is 13.1. The van der Waals surface area contributed by atoms with Gasteiger partial charge in [0.1, 0.15) is 10.8 Å². The molecule has 3 heterocycles. The van der Waals surface area contributed by atoms with Gasteiger partial charge in [-0.05, 0) is 35.9 Å². The lowest BCUT2D eigenvalue weighted by Gasteiger charge is -2.35. The quantitative estimate of drug-likeness (QED) is 0.733. The highest BCUT2D eigenvalue weighted by atomic mass is 35.5. The number of hydrogen-bond donors (Lipinski definition) is 1. The first-order valence-electron chi connectivity index (χ1n) is 8.34. The topological polar surface area (TPSA) is 41.1 Å². The molecule has 0 radical (unpaired) electrons. The number of aromatic nitrogens is 2. The predicted molar refractivity (Wildman–Crippen MR) is 105 cm³/mol. The van der Waals surface area contributed by atoms with Crippen LogP contribution in [0.5, 0.6) is 0 Å². The van der Waals surface area contributed by atoms with Crippen LogP contribution in [-0.2, 0) is 6.54 Å². The van der Waals surface area contributed by atoms with Crippen LogP contribution in [0, 0.1) is 5.82 Å². The zero-order valence-electron chi connectivity index (χ0n) is 14.1. The molecule has 1 saturated heterocycles. The highest BCUT2D eigenvalue weighted by molar-refractivity contribution is 7.13. The Morgan fingerprint density at radius 3 is 2.85 bits per heavy atom. The van der Waals surface area contributed by atoms with Gasteiger partial charge in [-0.15, -0.1) is 23.7 Å². The predicted octanol–water partition coefficient (Wildman–Crippen LogP) is 3.91. The van der Waals surface area contributed by atoms with E-state index in [4.69, 9.17) is 4.98 Å². The molecule has 1 unspecified atom stereocenters. The summed E-state index contributed by atoms with van der Waals surface area (Å²) in [6, 6.07) is 10.9. The van der Waals surface area contributed by atoms with E-state index in [1.807, 2.05) is 12.3 Å². The van der Waals surface area contributed by atoms with Crippen LogP contribution >= 0.6 is 23.7 Å². The van der Waals surface area contributed by atoms with E-state index in [-0.39, 0.29) is 18.2 Å². The van der Waals surface area contributed by atoms with E-state index in [1.54, 1.807) is 29.7 Å². The second-order valence-electron chi connectivity index (χ2n) is 6.13. The fourth-order valence-corrected chi connectivity index (χ4v) is 3.97. The average molecular weight is 391 g/mol. The van der Waals surface area contributed by atoms with E-state index in [0.717, 1.165) is 42.4 Å². The Labute approximate surface area is 162 Å². The minimum atomic E-state index is -0.222. The Balaban J connectivity index is 0.00000196. The van der Waals surface area contributed by atoms with Gasteiger partial charge in [-0.1, -0.05) is 6.07 Å². The van der Waals surface area contributed by atoms with Crippen molar-refractivity contribution in [1.82, 2.24) is 20.2 Å². The molecule has 7 heteroatoms. The third-order valence-corrected chi connectivity index (χ3v) is 5.37. The van der Waals surface area contributed by atoms with Gasteiger partial charge in [-0.25, -0.2) is 9.37 Å². The number of nitrogens with zero attached hydrogens (tertiary/aromatic N) is 3. The van der Waals surface area contributed by atoms with Gasteiger partial charge in [-0.2, -0.15) is 0 Å². The van der Waals surface area contributed by atoms with Crippen LogP contribution in [0.15, 0.2) is 54.2 Å². The van der Waals surface area contributed by atoms with E-state index >= 15 is 0 Å². The van der Waals surface area contributed by atoms with Gasteiger partial charge in [0.2, 0.25) is 0 Å². The van der Waals surface area contributed by atoms with Crippen LogP contribution in [-0.4, -0.2) is 34.5 Å². The molecule has 4 rings (SSSR count). The van der Waals surface area contributed by atoms with E-state index in [0.29, 0.717) is 6.04 Å². The van der Waals surface area contributed by atoms with E-state index in [9.17, 15) is 4.39 Å². The Morgan fingerprint density at radius 2 is 2.08 bits per heavy atom. The monoisotopic (exact) mass is 390 g/mol. The maximum Gasteiger partial charge on any atom is 0.123 e. The van der Waals surface area contributed by atoms with Crippen LogP contribution in [0.25, 0.3) is 10.6 Å². The van der Waals surface area contributed by atoms with Gasteiger partial charge in [0, 0.05) is 55.6 Å². The Hall–Kier alpha value is -1.86. The molecule has 2 aromatic heterocycles. The molecule has 0 saturated carbocycles. The summed E-state index contributed by atoms with van der Waals surface area (Å²) >= 11 is 1.61. The van der Waals surface area contributed by atoms with Crippen molar-refractivity contribution in [2.45, 2.75) is 12.6 Å². The zero-order chi connectivity index (χ0) is 17.1. The second kappa shape index (κ2) is 8.68. The molecule has 3 aromatic rings. The van der Waals surface area contributed by atoms with Crippen molar-refractivity contribution in [2.24, 2.45) is 0 Å². The molecule has 1 N–H and O–H groups in total. The highest BCUT2D eigenvalue weighted by Crippen LogP contribution is 2.27. The number of benzene rings is 1. The SMILES string of the molecule is Cl.Fc1ccc(-c2nc(CN3CCNCC3c3cccnc3)cs2)cc1. The minimum absolute atomic E-state index is 0. The Kier molecular flexibility index (Phi) is 6.32. The first-order valence-corrected chi connectivity index (χ1v) is 9.22. The van der Waals surface area contributed by atoms with Crippen LogP contribution in [0.3, 0.4) is 0 Å². The lowest BCUT2D eigenvalue weighted by molar-refractivity contribution is 0.152. The molecule has 0 spiro atoms. The summed E-state index contributed by atoms with van der Waals surface area (Å²) in [6.45, 7) is 3.67. The first-order chi connectivity index (χ1) is 12.3. The summed E-state index contributed by atoms with van der Waals surface area (Å²) in [5, 5.41) is 6.49.